The molecule has 0 saturated heterocycles. The number of carbonyl (C=O) groups is 2. The van der Waals surface area contributed by atoms with Gasteiger partial charge in [0, 0.05) is 12.0 Å². The van der Waals surface area contributed by atoms with Crippen LogP contribution >= 0.6 is 0 Å². The van der Waals surface area contributed by atoms with Gasteiger partial charge in [0.15, 0.2) is 5.78 Å². The maximum absolute atomic E-state index is 12.9. The van der Waals surface area contributed by atoms with Crippen molar-refractivity contribution in [3.05, 3.63) is 35.5 Å². The minimum absolute atomic E-state index is 0.0727. The van der Waals surface area contributed by atoms with Crippen LogP contribution in [0, 0.1) is 17.3 Å². The smallest absolute Gasteiger partial charge is 0.308 e. The summed E-state index contributed by atoms with van der Waals surface area (Å²) in [6.45, 7) is 15.0. The molecule has 0 amide bonds. The Morgan fingerprint density at radius 2 is 1.74 bits per heavy atom. The highest BCUT2D eigenvalue weighted by Gasteiger charge is 2.31. The molecular weight excluding hydrogens is 472 g/mol. The molecule has 0 saturated carbocycles. The Bertz CT molecular complexity index is 799. The third-order valence-electron chi connectivity index (χ3n) is 8.09. The van der Waals surface area contributed by atoms with Gasteiger partial charge in [0.1, 0.15) is 6.61 Å². The summed E-state index contributed by atoms with van der Waals surface area (Å²) in [6.07, 6.45) is 21.7. The molecule has 0 aromatic heterocycles. The number of hydrogen-bond donors (Lipinski definition) is 1. The quantitative estimate of drug-likeness (QED) is 0.0968. The fraction of sp³-hybridized carbons (Fsp3) is 0.765. The standard InChI is InChI=1S/C34H58O4/c1-8-9-10-11-12-13-14-26-38-32(36)29(4)20-17-25-34(7,37)24-15-18-27(2)21-22-30(35)31-28(3)19-16-23-33(31,5)6/h13-14,16,19,27,29,37H,8-12,15,17-18,20-26H2,1-7H3/b14-13+/t27-,29+,34-/m0/s1. The lowest BCUT2D eigenvalue weighted by Crippen LogP contribution is -2.25. The lowest BCUT2D eigenvalue weighted by Gasteiger charge is -2.30. The van der Waals surface area contributed by atoms with Crippen molar-refractivity contribution < 1.29 is 19.4 Å². The van der Waals surface area contributed by atoms with Crippen molar-refractivity contribution >= 4 is 11.8 Å². The zero-order valence-corrected chi connectivity index (χ0v) is 25.7. The highest BCUT2D eigenvalue weighted by atomic mass is 16.5. The summed E-state index contributed by atoms with van der Waals surface area (Å²) in [4.78, 5) is 25.2. The highest BCUT2D eigenvalue weighted by Crippen LogP contribution is 2.38. The minimum atomic E-state index is -0.722. The van der Waals surface area contributed by atoms with Gasteiger partial charge < -0.3 is 9.84 Å². The van der Waals surface area contributed by atoms with Crippen LogP contribution in [0.2, 0.25) is 0 Å². The van der Waals surface area contributed by atoms with E-state index in [1.165, 1.54) is 25.7 Å². The predicted octanol–water partition coefficient (Wildman–Crippen LogP) is 9.07. The Labute approximate surface area is 234 Å². The van der Waals surface area contributed by atoms with Crippen molar-refractivity contribution in [2.75, 3.05) is 6.61 Å². The predicted molar refractivity (Wildman–Crippen MR) is 160 cm³/mol. The second-order valence-corrected chi connectivity index (χ2v) is 12.7. The zero-order chi connectivity index (χ0) is 28.6. The Kier molecular flexibility index (Phi) is 16.1. The van der Waals surface area contributed by atoms with E-state index in [0.717, 1.165) is 62.5 Å². The molecule has 0 aromatic carbocycles. The van der Waals surface area contributed by atoms with Crippen LogP contribution in [0.4, 0.5) is 0 Å². The lowest BCUT2D eigenvalue weighted by atomic mass is 9.73. The van der Waals surface area contributed by atoms with Crippen molar-refractivity contribution in [2.45, 2.75) is 144 Å². The number of allylic oxidation sites excluding steroid dienone is 5. The number of rotatable bonds is 20. The van der Waals surface area contributed by atoms with Gasteiger partial charge >= 0.3 is 5.97 Å². The number of esters is 1. The molecule has 4 heteroatoms. The zero-order valence-electron chi connectivity index (χ0n) is 25.7. The molecule has 38 heavy (non-hydrogen) atoms. The molecular formula is C34H58O4. The van der Waals surface area contributed by atoms with Gasteiger partial charge in [-0.2, -0.15) is 0 Å². The molecule has 0 fully saturated rings. The molecule has 1 N–H and O–H groups in total. The maximum atomic E-state index is 12.9. The van der Waals surface area contributed by atoms with Crippen molar-refractivity contribution in [3.8, 4) is 0 Å². The highest BCUT2D eigenvalue weighted by molar-refractivity contribution is 5.98. The molecule has 1 aliphatic carbocycles. The van der Waals surface area contributed by atoms with Crippen LogP contribution in [-0.2, 0) is 14.3 Å². The van der Waals surface area contributed by atoms with Gasteiger partial charge in [-0.1, -0.05) is 91.0 Å². The van der Waals surface area contributed by atoms with Gasteiger partial charge in [0.2, 0.25) is 0 Å². The van der Waals surface area contributed by atoms with Crippen LogP contribution in [0.25, 0.3) is 0 Å². The molecule has 3 atom stereocenters. The van der Waals surface area contributed by atoms with Crippen LogP contribution < -0.4 is 0 Å². The SMILES string of the molecule is CCCCCC/C=C/COC(=O)[C@H](C)CCC[C@@](C)(O)CCC[C@H](C)CCC(=O)C1=C(C)C=CCC1(C)C. The van der Waals surface area contributed by atoms with Crippen LogP contribution in [0.3, 0.4) is 0 Å². The first-order valence-corrected chi connectivity index (χ1v) is 15.3. The van der Waals surface area contributed by atoms with E-state index in [2.05, 4.69) is 52.8 Å². The Morgan fingerprint density at radius 1 is 1.05 bits per heavy atom. The Morgan fingerprint density at radius 3 is 2.39 bits per heavy atom. The number of ketones is 1. The van der Waals surface area contributed by atoms with E-state index in [4.69, 9.17) is 4.74 Å². The van der Waals surface area contributed by atoms with Crippen molar-refractivity contribution in [1.29, 1.82) is 0 Å². The largest absolute Gasteiger partial charge is 0.461 e. The molecule has 218 valence electrons. The van der Waals surface area contributed by atoms with E-state index in [1.807, 2.05) is 19.9 Å². The first kappa shape index (κ1) is 34.3. The molecule has 1 aliphatic rings. The summed E-state index contributed by atoms with van der Waals surface area (Å²) in [6, 6.07) is 0. The van der Waals surface area contributed by atoms with Crippen LogP contribution in [0.1, 0.15) is 138 Å². The first-order valence-electron chi connectivity index (χ1n) is 15.3. The third-order valence-corrected chi connectivity index (χ3v) is 8.09. The van der Waals surface area contributed by atoms with E-state index in [1.54, 1.807) is 0 Å². The van der Waals surface area contributed by atoms with Crippen LogP contribution in [0.5, 0.6) is 0 Å². The molecule has 0 heterocycles. The number of unbranched alkanes of at least 4 members (excludes halogenated alkanes) is 4. The van der Waals surface area contributed by atoms with Crippen molar-refractivity contribution in [1.82, 2.24) is 0 Å². The van der Waals surface area contributed by atoms with Crippen LogP contribution in [-0.4, -0.2) is 29.1 Å². The fourth-order valence-corrected chi connectivity index (χ4v) is 5.50. The van der Waals surface area contributed by atoms with E-state index in [-0.39, 0.29) is 17.3 Å². The van der Waals surface area contributed by atoms with E-state index in [9.17, 15) is 14.7 Å². The van der Waals surface area contributed by atoms with Gasteiger partial charge in [-0.25, -0.2) is 0 Å². The topological polar surface area (TPSA) is 63.6 Å². The Balaban J connectivity index is 2.23. The summed E-state index contributed by atoms with van der Waals surface area (Å²) in [5.74, 6) is 0.451. The lowest BCUT2D eigenvalue weighted by molar-refractivity contribution is -0.147. The summed E-state index contributed by atoms with van der Waals surface area (Å²) < 4.78 is 5.38. The van der Waals surface area contributed by atoms with Crippen LogP contribution in [0.15, 0.2) is 35.5 Å². The first-order chi connectivity index (χ1) is 17.9. The molecule has 0 unspecified atom stereocenters. The number of ether oxygens (including phenoxy) is 1. The number of hydrogen-bond acceptors (Lipinski definition) is 4. The summed E-state index contributed by atoms with van der Waals surface area (Å²) in [7, 11) is 0. The van der Waals surface area contributed by atoms with Gasteiger partial charge in [0.05, 0.1) is 11.5 Å². The number of carbonyl (C=O) groups excluding carboxylic acids is 2. The monoisotopic (exact) mass is 530 g/mol. The second kappa shape index (κ2) is 17.8. The third kappa shape index (κ3) is 13.9. The molecule has 0 aromatic rings. The van der Waals surface area contributed by atoms with Gasteiger partial charge in [-0.3, -0.25) is 9.59 Å². The summed E-state index contributed by atoms with van der Waals surface area (Å²) in [5.41, 5.74) is 1.32. The Hall–Kier alpha value is -1.68. The second-order valence-electron chi connectivity index (χ2n) is 12.7. The molecule has 0 radical (unpaired) electrons. The maximum Gasteiger partial charge on any atom is 0.308 e. The average molecular weight is 531 g/mol. The average Bonchev–Trinajstić information content (AvgIpc) is 2.83. The normalized spacial score (nSPS) is 18.4. The minimum Gasteiger partial charge on any atom is -0.461 e. The van der Waals surface area contributed by atoms with Crippen molar-refractivity contribution in [2.24, 2.45) is 17.3 Å². The molecule has 0 bridgehead atoms. The molecule has 0 aliphatic heterocycles. The molecule has 4 nitrogen and oxygen atoms in total. The van der Waals surface area contributed by atoms with E-state index in [0.29, 0.717) is 31.1 Å². The summed E-state index contributed by atoms with van der Waals surface area (Å²) >= 11 is 0. The van der Waals surface area contributed by atoms with Gasteiger partial charge in [-0.15, -0.1) is 0 Å². The molecule has 0 spiro atoms. The van der Waals surface area contributed by atoms with Crippen molar-refractivity contribution in [3.63, 3.8) is 0 Å². The summed E-state index contributed by atoms with van der Waals surface area (Å²) in [5, 5.41) is 10.8. The fourth-order valence-electron chi connectivity index (χ4n) is 5.50. The van der Waals surface area contributed by atoms with Gasteiger partial charge in [0.25, 0.3) is 0 Å². The van der Waals surface area contributed by atoms with Gasteiger partial charge in [-0.05, 0) is 82.1 Å². The van der Waals surface area contributed by atoms with E-state index >= 15 is 0 Å². The molecule has 1 rings (SSSR count). The number of Topliss-reactive ketones (excluding diaryl/α,β-unsaturated/α-hetero) is 1. The number of aliphatic hydroxyl groups is 1. The van der Waals surface area contributed by atoms with E-state index < -0.39 is 5.60 Å².